The van der Waals surface area contributed by atoms with Gasteiger partial charge >= 0.3 is 0 Å². The summed E-state index contributed by atoms with van der Waals surface area (Å²) in [6.07, 6.45) is 1.05. The quantitative estimate of drug-likeness (QED) is 0.480. The molecule has 0 saturated heterocycles. The average molecular weight is 403 g/mol. The topological polar surface area (TPSA) is 67.3 Å². The Morgan fingerprint density at radius 3 is 2.57 bits per heavy atom. The number of hydrogen-bond acceptors (Lipinski definition) is 6. The zero-order valence-electron chi connectivity index (χ0n) is 17.4. The zero-order valence-corrected chi connectivity index (χ0v) is 18.2. The highest BCUT2D eigenvalue weighted by atomic mass is 32.2. The first-order valence-electron chi connectivity index (χ1n) is 9.53. The van der Waals surface area contributed by atoms with Crippen molar-refractivity contribution in [2.45, 2.75) is 50.8 Å². The first-order valence-corrected chi connectivity index (χ1v) is 10.5. The van der Waals surface area contributed by atoms with E-state index in [1.165, 1.54) is 0 Å². The fourth-order valence-corrected chi connectivity index (χ4v) is 3.47. The number of benzene rings is 1. The number of carbonyl (C=O) groups excluding carboxylic acids is 1. The van der Waals surface area contributed by atoms with Crippen molar-refractivity contribution in [3.8, 4) is 0 Å². The van der Waals surface area contributed by atoms with E-state index >= 15 is 0 Å². The Bertz CT molecular complexity index is 766. The van der Waals surface area contributed by atoms with Gasteiger partial charge in [-0.15, -0.1) is 0 Å². The van der Waals surface area contributed by atoms with Crippen molar-refractivity contribution in [2.75, 3.05) is 25.6 Å². The number of carbonyl (C=O) groups is 1. The first kappa shape index (κ1) is 22.2. The predicted molar refractivity (Wildman–Crippen MR) is 115 cm³/mol. The van der Waals surface area contributed by atoms with Crippen LogP contribution in [0, 0.1) is 0 Å². The van der Waals surface area contributed by atoms with Gasteiger partial charge in [-0.05, 0) is 38.0 Å². The minimum absolute atomic E-state index is 0.0478. The lowest BCUT2D eigenvalue weighted by Crippen LogP contribution is -2.29. The van der Waals surface area contributed by atoms with Gasteiger partial charge in [-0.25, -0.2) is 9.97 Å². The molecule has 1 N–H and O–H groups in total. The lowest BCUT2D eigenvalue weighted by molar-refractivity contribution is 0.0943. The predicted octanol–water partition coefficient (Wildman–Crippen LogP) is 3.90. The molecular weight excluding hydrogens is 372 g/mol. The van der Waals surface area contributed by atoms with Crippen LogP contribution in [0.4, 0.5) is 5.82 Å². The van der Waals surface area contributed by atoms with Gasteiger partial charge in [-0.1, -0.05) is 30.8 Å². The van der Waals surface area contributed by atoms with E-state index < -0.39 is 0 Å². The van der Waals surface area contributed by atoms with E-state index in [4.69, 9.17) is 4.74 Å². The van der Waals surface area contributed by atoms with Gasteiger partial charge < -0.3 is 15.0 Å². The monoisotopic (exact) mass is 402 g/mol. The molecule has 0 radical (unpaired) electrons. The molecule has 1 heterocycles. The number of hydrogen-bond donors (Lipinski definition) is 1. The molecule has 0 saturated carbocycles. The third-order valence-electron chi connectivity index (χ3n) is 3.99. The van der Waals surface area contributed by atoms with E-state index in [-0.39, 0.29) is 11.9 Å². The number of amides is 1. The summed E-state index contributed by atoms with van der Waals surface area (Å²) in [6.45, 7) is 7.45. The molecule has 0 aliphatic heterocycles. The van der Waals surface area contributed by atoms with Crippen LogP contribution in [0.2, 0.25) is 0 Å². The van der Waals surface area contributed by atoms with Crippen LogP contribution in [0.25, 0.3) is 0 Å². The van der Waals surface area contributed by atoms with Crippen LogP contribution in [0.15, 0.2) is 35.5 Å². The van der Waals surface area contributed by atoms with E-state index in [1.807, 2.05) is 51.2 Å². The number of anilines is 1. The Morgan fingerprint density at radius 2 is 1.96 bits per heavy atom. The summed E-state index contributed by atoms with van der Waals surface area (Å²) in [5.41, 5.74) is 2.67. The summed E-state index contributed by atoms with van der Waals surface area (Å²) >= 11 is 1.58. The van der Waals surface area contributed by atoms with Crippen molar-refractivity contribution in [3.63, 3.8) is 0 Å². The normalized spacial score (nSPS) is 10.9. The molecule has 1 aromatic carbocycles. The number of thioether (sulfide) groups is 1. The molecule has 0 atom stereocenters. The van der Waals surface area contributed by atoms with Crippen molar-refractivity contribution in [1.29, 1.82) is 0 Å². The molecule has 0 unspecified atom stereocenters. The van der Waals surface area contributed by atoms with Crippen LogP contribution >= 0.6 is 11.8 Å². The second-order valence-electron chi connectivity index (χ2n) is 6.97. The van der Waals surface area contributed by atoms with Gasteiger partial charge in [0.15, 0.2) is 5.16 Å². The average Bonchev–Trinajstić information content (AvgIpc) is 2.66. The summed E-state index contributed by atoms with van der Waals surface area (Å²) in [5, 5.41) is 3.63. The highest BCUT2D eigenvalue weighted by Crippen LogP contribution is 2.23. The van der Waals surface area contributed by atoms with Gasteiger partial charge in [0.05, 0.1) is 12.3 Å². The largest absolute Gasteiger partial charge is 0.378 e. The Hall–Kier alpha value is -2.12. The fraction of sp³-hybridized carbons (Fsp3) is 0.476. The molecular formula is C21H30N4O2S. The van der Waals surface area contributed by atoms with E-state index in [2.05, 4.69) is 27.1 Å². The van der Waals surface area contributed by atoms with Crippen molar-refractivity contribution >= 4 is 23.5 Å². The van der Waals surface area contributed by atoms with Gasteiger partial charge in [-0.3, -0.25) is 4.79 Å². The Labute approximate surface area is 172 Å². The smallest absolute Gasteiger partial charge is 0.251 e. The van der Waals surface area contributed by atoms with Crippen molar-refractivity contribution in [3.05, 3.63) is 47.2 Å². The minimum Gasteiger partial charge on any atom is -0.378 e. The van der Waals surface area contributed by atoms with Crippen LogP contribution in [0.3, 0.4) is 0 Å². The third-order valence-corrected chi connectivity index (χ3v) is 4.91. The van der Waals surface area contributed by atoms with Gasteiger partial charge in [0.1, 0.15) is 5.82 Å². The van der Waals surface area contributed by atoms with E-state index in [0.717, 1.165) is 41.0 Å². The Kier molecular flexibility index (Phi) is 8.73. The summed E-state index contributed by atoms with van der Waals surface area (Å²) in [4.78, 5) is 23.5. The van der Waals surface area contributed by atoms with Crippen molar-refractivity contribution in [2.24, 2.45) is 0 Å². The molecule has 28 heavy (non-hydrogen) atoms. The number of methoxy groups -OCH3 is 1. The molecule has 0 aliphatic rings. The second-order valence-corrected chi connectivity index (χ2v) is 7.91. The second kappa shape index (κ2) is 11.0. The lowest BCUT2D eigenvalue weighted by atomic mass is 10.1. The maximum absolute atomic E-state index is 12.0. The van der Waals surface area contributed by atoms with Crippen molar-refractivity contribution < 1.29 is 9.53 Å². The fourth-order valence-electron chi connectivity index (χ4n) is 2.64. The number of ether oxygens (including phenoxy) is 1. The molecule has 152 valence electrons. The molecule has 0 bridgehead atoms. The maximum atomic E-state index is 12.0. The number of nitrogens with one attached hydrogen (secondary N) is 1. The molecule has 0 fully saturated rings. The summed E-state index contributed by atoms with van der Waals surface area (Å²) in [6, 6.07) is 9.77. The van der Waals surface area contributed by atoms with Crippen LogP contribution in [0.1, 0.15) is 48.8 Å². The van der Waals surface area contributed by atoms with Crippen molar-refractivity contribution in [1.82, 2.24) is 15.3 Å². The molecule has 0 spiro atoms. The minimum atomic E-state index is -0.0478. The molecule has 7 heteroatoms. The van der Waals surface area contributed by atoms with Crippen LogP contribution in [0.5, 0.6) is 0 Å². The highest BCUT2D eigenvalue weighted by Gasteiger charge is 2.10. The summed E-state index contributed by atoms with van der Waals surface area (Å²) < 4.78 is 5.25. The summed E-state index contributed by atoms with van der Waals surface area (Å²) in [5.74, 6) is 1.60. The lowest BCUT2D eigenvalue weighted by Gasteiger charge is -2.18. The summed E-state index contributed by atoms with van der Waals surface area (Å²) in [7, 11) is 3.71. The Balaban J connectivity index is 2.07. The number of aromatic nitrogens is 2. The highest BCUT2D eigenvalue weighted by molar-refractivity contribution is 7.98. The van der Waals surface area contributed by atoms with Gasteiger partial charge in [0, 0.05) is 44.1 Å². The zero-order chi connectivity index (χ0) is 20.5. The van der Waals surface area contributed by atoms with E-state index in [1.54, 1.807) is 18.9 Å². The first-order chi connectivity index (χ1) is 13.4. The van der Waals surface area contributed by atoms with E-state index in [9.17, 15) is 4.79 Å². The molecule has 2 rings (SSSR count). The van der Waals surface area contributed by atoms with E-state index in [0.29, 0.717) is 12.2 Å². The van der Waals surface area contributed by atoms with Crippen LogP contribution < -0.4 is 10.2 Å². The number of nitrogens with zero attached hydrogens (tertiary/aromatic N) is 3. The Morgan fingerprint density at radius 1 is 1.25 bits per heavy atom. The molecule has 1 aromatic heterocycles. The van der Waals surface area contributed by atoms with Crippen LogP contribution in [-0.2, 0) is 17.1 Å². The molecule has 2 aromatic rings. The number of rotatable bonds is 10. The molecule has 6 nitrogen and oxygen atoms in total. The SMILES string of the molecule is CCCN(C)c1cc(COC)nc(SCc2ccc(C(=O)NC(C)C)cc2)n1. The van der Waals surface area contributed by atoms with Crippen LogP contribution in [-0.4, -0.2) is 42.6 Å². The van der Waals surface area contributed by atoms with Gasteiger partial charge in [0.2, 0.25) is 0 Å². The standard InChI is InChI=1S/C21H30N4O2S/c1-6-11-25(4)19-12-18(13-27-5)23-21(24-19)28-14-16-7-9-17(10-8-16)20(26)22-15(2)3/h7-10,12,15H,6,11,13-14H2,1-5H3,(H,22,26). The molecule has 0 aliphatic carbocycles. The van der Waals surface area contributed by atoms with Gasteiger partial charge in [-0.2, -0.15) is 0 Å². The van der Waals surface area contributed by atoms with Gasteiger partial charge in [0.25, 0.3) is 5.91 Å². The maximum Gasteiger partial charge on any atom is 0.251 e. The molecule has 1 amide bonds. The third kappa shape index (κ3) is 6.80.